The molecule has 2 aromatic rings. The fraction of sp³-hybridized carbons (Fsp3) is 0.0909. The maximum absolute atomic E-state index is 12.8. The molecule has 7 heteroatoms. The van der Waals surface area contributed by atoms with Crippen molar-refractivity contribution < 1.29 is 13.2 Å². The molecule has 0 aliphatic carbocycles. The Morgan fingerprint density at radius 3 is 2.39 bits per heavy atom. The Kier molecular flexibility index (Phi) is 3.42. The molecule has 0 amide bonds. The van der Waals surface area contributed by atoms with Crippen molar-refractivity contribution in [3.63, 3.8) is 0 Å². The summed E-state index contributed by atoms with van der Waals surface area (Å²) >= 11 is 0.852. The topological polar surface area (TPSA) is 51.8 Å². The van der Waals surface area contributed by atoms with Crippen molar-refractivity contribution in [1.29, 1.82) is 0 Å². The van der Waals surface area contributed by atoms with E-state index in [9.17, 15) is 13.2 Å². The number of halogens is 3. The second kappa shape index (κ2) is 4.85. The van der Waals surface area contributed by atoms with E-state index in [0.717, 1.165) is 17.8 Å². The molecule has 2 rings (SSSR count). The van der Waals surface area contributed by atoms with Gasteiger partial charge in [-0.15, -0.1) is 0 Å². The lowest BCUT2D eigenvalue weighted by molar-refractivity contribution is -0.139. The minimum absolute atomic E-state index is 0.0305. The predicted octanol–water partition coefficient (Wildman–Crippen LogP) is 3.23. The molecule has 94 valence electrons. The van der Waals surface area contributed by atoms with Gasteiger partial charge in [0.05, 0.1) is 5.56 Å². The zero-order valence-electron chi connectivity index (χ0n) is 8.98. The minimum Gasteiger partial charge on any atom is -0.399 e. The highest BCUT2D eigenvalue weighted by atomic mass is 32.2. The molecule has 1 aromatic heterocycles. The Morgan fingerprint density at radius 1 is 1.11 bits per heavy atom. The van der Waals surface area contributed by atoms with E-state index in [1.165, 1.54) is 24.5 Å². The highest BCUT2D eigenvalue weighted by Crippen LogP contribution is 2.39. The van der Waals surface area contributed by atoms with E-state index in [-0.39, 0.29) is 15.7 Å². The van der Waals surface area contributed by atoms with Crippen molar-refractivity contribution in [2.75, 3.05) is 5.73 Å². The second-order valence-corrected chi connectivity index (χ2v) is 4.40. The average Bonchev–Trinajstić information content (AvgIpc) is 2.31. The first-order valence-electron chi connectivity index (χ1n) is 4.88. The van der Waals surface area contributed by atoms with Gasteiger partial charge in [-0.2, -0.15) is 13.2 Å². The number of aromatic nitrogens is 2. The van der Waals surface area contributed by atoms with Crippen LogP contribution in [-0.4, -0.2) is 9.97 Å². The molecule has 0 bridgehead atoms. The molecule has 3 nitrogen and oxygen atoms in total. The van der Waals surface area contributed by atoms with E-state index in [2.05, 4.69) is 9.97 Å². The van der Waals surface area contributed by atoms with Gasteiger partial charge < -0.3 is 5.73 Å². The largest absolute Gasteiger partial charge is 0.417 e. The third-order valence-corrected chi connectivity index (χ3v) is 3.02. The smallest absolute Gasteiger partial charge is 0.399 e. The van der Waals surface area contributed by atoms with Gasteiger partial charge in [-0.05, 0) is 36.0 Å². The SMILES string of the molecule is Nc1ccc(Sc2ncccn2)c(C(F)(F)F)c1. The lowest BCUT2D eigenvalue weighted by Gasteiger charge is -2.12. The van der Waals surface area contributed by atoms with Crippen molar-refractivity contribution in [3.05, 3.63) is 42.2 Å². The first-order valence-corrected chi connectivity index (χ1v) is 5.70. The highest BCUT2D eigenvalue weighted by molar-refractivity contribution is 7.99. The average molecular weight is 271 g/mol. The predicted molar refractivity (Wildman–Crippen MR) is 62.0 cm³/mol. The third kappa shape index (κ3) is 2.92. The van der Waals surface area contributed by atoms with Crippen molar-refractivity contribution >= 4 is 17.4 Å². The molecule has 18 heavy (non-hydrogen) atoms. The van der Waals surface area contributed by atoms with Gasteiger partial charge in [0, 0.05) is 23.0 Å². The number of nitrogen functional groups attached to an aromatic ring is 1. The molecular formula is C11H8F3N3S. The number of anilines is 1. The van der Waals surface area contributed by atoms with E-state index in [1.54, 1.807) is 6.07 Å². The van der Waals surface area contributed by atoms with Crippen molar-refractivity contribution in [2.45, 2.75) is 16.2 Å². The molecule has 0 aliphatic rings. The first kappa shape index (κ1) is 12.7. The normalized spacial score (nSPS) is 11.5. The van der Waals surface area contributed by atoms with Crippen LogP contribution in [0.4, 0.5) is 18.9 Å². The Balaban J connectivity index is 2.39. The number of hydrogen-bond donors (Lipinski definition) is 1. The van der Waals surface area contributed by atoms with Gasteiger partial charge in [0.1, 0.15) is 0 Å². The number of rotatable bonds is 2. The van der Waals surface area contributed by atoms with Crippen molar-refractivity contribution in [2.24, 2.45) is 0 Å². The van der Waals surface area contributed by atoms with E-state index in [1.807, 2.05) is 0 Å². The molecule has 0 radical (unpaired) electrons. The van der Waals surface area contributed by atoms with Crippen LogP contribution >= 0.6 is 11.8 Å². The number of alkyl halides is 3. The summed E-state index contributed by atoms with van der Waals surface area (Å²) in [6.45, 7) is 0. The van der Waals surface area contributed by atoms with Crippen LogP contribution in [0.1, 0.15) is 5.56 Å². The highest BCUT2D eigenvalue weighted by Gasteiger charge is 2.34. The molecule has 2 N–H and O–H groups in total. The summed E-state index contributed by atoms with van der Waals surface area (Å²) in [6.07, 6.45) is -1.51. The molecule has 0 unspecified atom stereocenters. The fourth-order valence-electron chi connectivity index (χ4n) is 1.29. The molecule has 0 atom stereocenters. The van der Waals surface area contributed by atoms with Gasteiger partial charge in [0.25, 0.3) is 0 Å². The zero-order valence-corrected chi connectivity index (χ0v) is 9.79. The van der Waals surface area contributed by atoms with E-state index in [0.29, 0.717) is 0 Å². The lowest BCUT2D eigenvalue weighted by Crippen LogP contribution is -2.07. The molecule has 1 heterocycles. The minimum atomic E-state index is -4.45. The van der Waals surface area contributed by atoms with Crippen LogP contribution in [0, 0.1) is 0 Å². The van der Waals surface area contributed by atoms with Crippen LogP contribution in [0.2, 0.25) is 0 Å². The molecule has 0 saturated heterocycles. The van der Waals surface area contributed by atoms with E-state index in [4.69, 9.17) is 5.73 Å². The summed E-state index contributed by atoms with van der Waals surface area (Å²) in [4.78, 5) is 7.78. The Morgan fingerprint density at radius 2 is 1.78 bits per heavy atom. The maximum atomic E-state index is 12.8. The third-order valence-electron chi connectivity index (χ3n) is 2.05. The van der Waals surface area contributed by atoms with E-state index >= 15 is 0 Å². The molecule has 0 spiro atoms. The van der Waals surface area contributed by atoms with E-state index < -0.39 is 11.7 Å². The number of hydrogen-bond acceptors (Lipinski definition) is 4. The van der Waals surface area contributed by atoms with Crippen LogP contribution in [0.15, 0.2) is 46.7 Å². The number of nitrogens with two attached hydrogens (primary N) is 1. The van der Waals surface area contributed by atoms with Gasteiger partial charge in [-0.1, -0.05) is 0 Å². The van der Waals surface area contributed by atoms with Crippen molar-refractivity contribution in [3.8, 4) is 0 Å². The maximum Gasteiger partial charge on any atom is 0.417 e. The summed E-state index contributed by atoms with van der Waals surface area (Å²) in [7, 11) is 0. The number of nitrogens with zero attached hydrogens (tertiary/aromatic N) is 2. The summed E-state index contributed by atoms with van der Waals surface area (Å²) in [5.41, 5.74) is 4.67. The fourth-order valence-corrected chi connectivity index (χ4v) is 2.14. The summed E-state index contributed by atoms with van der Waals surface area (Å²) in [5.74, 6) is 0. The first-order chi connectivity index (χ1) is 8.47. The van der Waals surface area contributed by atoms with Crippen LogP contribution in [-0.2, 0) is 6.18 Å². The molecule has 0 fully saturated rings. The zero-order chi connectivity index (χ0) is 13.2. The van der Waals surface area contributed by atoms with Gasteiger partial charge in [0.15, 0.2) is 5.16 Å². The Bertz CT molecular complexity index is 543. The van der Waals surface area contributed by atoms with Crippen LogP contribution < -0.4 is 5.73 Å². The molecule has 0 aliphatic heterocycles. The van der Waals surface area contributed by atoms with Crippen LogP contribution in [0.25, 0.3) is 0 Å². The quantitative estimate of drug-likeness (QED) is 0.673. The summed E-state index contributed by atoms with van der Waals surface area (Å²) < 4.78 is 38.5. The van der Waals surface area contributed by atoms with Crippen LogP contribution in [0.5, 0.6) is 0 Å². The summed E-state index contributed by atoms with van der Waals surface area (Å²) in [6, 6.07) is 5.24. The number of benzene rings is 1. The van der Waals surface area contributed by atoms with Gasteiger partial charge in [-0.25, -0.2) is 9.97 Å². The monoisotopic (exact) mass is 271 g/mol. The van der Waals surface area contributed by atoms with Gasteiger partial charge >= 0.3 is 6.18 Å². The van der Waals surface area contributed by atoms with Gasteiger partial charge in [-0.3, -0.25) is 0 Å². The van der Waals surface area contributed by atoms with Crippen molar-refractivity contribution in [1.82, 2.24) is 9.97 Å². The van der Waals surface area contributed by atoms with Gasteiger partial charge in [0.2, 0.25) is 0 Å². The van der Waals surface area contributed by atoms with Crippen LogP contribution in [0.3, 0.4) is 0 Å². The molecular weight excluding hydrogens is 263 g/mol. The summed E-state index contributed by atoms with van der Waals surface area (Å²) in [5, 5.41) is 0.257. The Labute approximate surface area is 105 Å². The molecule has 0 saturated carbocycles. The second-order valence-electron chi connectivity index (χ2n) is 3.39. The Hall–Kier alpha value is -1.76. The molecule has 1 aromatic carbocycles. The standard InChI is InChI=1S/C11H8F3N3S/c12-11(13,14)8-6-7(15)2-3-9(8)18-10-16-4-1-5-17-10/h1-6H,15H2. The lowest BCUT2D eigenvalue weighted by atomic mass is 10.2.